The van der Waals surface area contributed by atoms with Gasteiger partial charge < -0.3 is 9.84 Å². The van der Waals surface area contributed by atoms with E-state index in [1.54, 1.807) is 19.1 Å². The number of carboxylic acid groups (broad SMARTS) is 1. The standard InChI is InChI=1S/C13H13ClO4/c1-3-11(8(2)13(16)17)18-10-6-4-9(5-7-10)12(14)15/h4-7,11H,2-3H2,1H3,(H,16,17). The Labute approximate surface area is 110 Å². The van der Waals surface area contributed by atoms with E-state index in [1.165, 1.54) is 12.1 Å². The van der Waals surface area contributed by atoms with Crippen molar-refractivity contribution in [2.75, 3.05) is 0 Å². The number of hydrogen-bond donors (Lipinski definition) is 1. The molecule has 0 fully saturated rings. The number of ether oxygens (including phenoxy) is 1. The average molecular weight is 269 g/mol. The van der Waals surface area contributed by atoms with E-state index in [0.29, 0.717) is 17.7 Å². The summed E-state index contributed by atoms with van der Waals surface area (Å²) in [5.74, 6) is -0.625. The molecule has 1 aromatic rings. The smallest absolute Gasteiger partial charge is 0.334 e. The van der Waals surface area contributed by atoms with Crippen molar-refractivity contribution in [1.29, 1.82) is 0 Å². The van der Waals surface area contributed by atoms with Crippen LogP contribution in [0.4, 0.5) is 0 Å². The highest BCUT2D eigenvalue weighted by Gasteiger charge is 2.18. The van der Waals surface area contributed by atoms with E-state index in [-0.39, 0.29) is 5.57 Å². The molecule has 1 unspecified atom stereocenters. The fourth-order valence-electron chi connectivity index (χ4n) is 1.37. The Hall–Kier alpha value is -1.81. The summed E-state index contributed by atoms with van der Waals surface area (Å²) in [6, 6.07) is 6.16. The second-order valence-corrected chi connectivity index (χ2v) is 3.99. The summed E-state index contributed by atoms with van der Waals surface area (Å²) in [5, 5.41) is 8.28. The van der Waals surface area contributed by atoms with Crippen LogP contribution in [-0.2, 0) is 4.79 Å². The molecular weight excluding hydrogens is 256 g/mol. The first-order valence-corrected chi connectivity index (χ1v) is 5.72. The van der Waals surface area contributed by atoms with Gasteiger partial charge in [-0.15, -0.1) is 0 Å². The van der Waals surface area contributed by atoms with Gasteiger partial charge >= 0.3 is 5.97 Å². The summed E-state index contributed by atoms with van der Waals surface area (Å²) >= 11 is 5.31. The third kappa shape index (κ3) is 3.60. The van der Waals surface area contributed by atoms with Crippen molar-refractivity contribution in [3.05, 3.63) is 42.0 Å². The summed E-state index contributed by atoms with van der Waals surface area (Å²) in [6.07, 6.45) is -0.110. The SMILES string of the molecule is C=C(C(=O)O)C(CC)Oc1ccc(C(=O)Cl)cc1. The summed E-state index contributed by atoms with van der Waals surface area (Å²) in [4.78, 5) is 21.7. The van der Waals surface area contributed by atoms with Gasteiger partial charge in [-0.3, -0.25) is 4.79 Å². The van der Waals surface area contributed by atoms with E-state index >= 15 is 0 Å². The molecule has 0 heterocycles. The minimum Gasteiger partial charge on any atom is -0.485 e. The molecule has 18 heavy (non-hydrogen) atoms. The lowest BCUT2D eigenvalue weighted by Gasteiger charge is -2.17. The molecule has 1 rings (SSSR count). The third-order valence-corrected chi connectivity index (χ3v) is 2.61. The van der Waals surface area contributed by atoms with Gasteiger partial charge in [-0.2, -0.15) is 0 Å². The molecule has 0 saturated heterocycles. The lowest BCUT2D eigenvalue weighted by molar-refractivity contribution is -0.133. The molecule has 0 amide bonds. The Balaban J connectivity index is 2.79. The molecule has 1 atom stereocenters. The Morgan fingerprint density at radius 1 is 1.39 bits per heavy atom. The molecule has 1 N–H and O–H groups in total. The molecule has 0 radical (unpaired) electrons. The Morgan fingerprint density at radius 3 is 2.33 bits per heavy atom. The Kier molecular flexibility index (Phi) is 4.92. The van der Waals surface area contributed by atoms with Crippen LogP contribution < -0.4 is 4.74 Å². The van der Waals surface area contributed by atoms with Crippen LogP contribution in [0.2, 0.25) is 0 Å². The van der Waals surface area contributed by atoms with Crippen LogP contribution in [0.25, 0.3) is 0 Å². The van der Waals surface area contributed by atoms with Crippen LogP contribution in [0, 0.1) is 0 Å². The summed E-state index contributed by atoms with van der Waals surface area (Å²) in [7, 11) is 0. The quantitative estimate of drug-likeness (QED) is 0.636. The molecule has 0 aliphatic rings. The van der Waals surface area contributed by atoms with E-state index in [2.05, 4.69) is 6.58 Å². The zero-order valence-electron chi connectivity index (χ0n) is 9.85. The molecule has 1 aromatic carbocycles. The van der Waals surface area contributed by atoms with Gasteiger partial charge in [0.25, 0.3) is 5.24 Å². The number of rotatable bonds is 6. The lowest BCUT2D eigenvalue weighted by Crippen LogP contribution is -2.22. The van der Waals surface area contributed by atoms with Gasteiger partial charge in [0.05, 0.1) is 5.57 Å². The number of carbonyl (C=O) groups excluding carboxylic acids is 1. The topological polar surface area (TPSA) is 63.6 Å². The van der Waals surface area contributed by atoms with Crippen LogP contribution >= 0.6 is 11.6 Å². The highest BCUT2D eigenvalue weighted by molar-refractivity contribution is 6.67. The van der Waals surface area contributed by atoms with E-state index in [1.807, 2.05) is 0 Å². The Morgan fingerprint density at radius 2 is 1.94 bits per heavy atom. The van der Waals surface area contributed by atoms with Crippen LogP contribution in [0.15, 0.2) is 36.4 Å². The van der Waals surface area contributed by atoms with Crippen molar-refractivity contribution >= 4 is 22.8 Å². The van der Waals surface area contributed by atoms with Crippen LogP contribution in [0.5, 0.6) is 5.75 Å². The molecule has 0 saturated carbocycles. The number of benzene rings is 1. The fraction of sp³-hybridized carbons (Fsp3) is 0.231. The predicted octanol–water partition coefficient (Wildman–Crippen LogP) is 2.86. The second kappa shape index (κ2) is 6.21. The van der Waals surface area contributed by atoms with Crippen LogP contribution in [0.3, 0.4) is 0 Å². The highest BCUT2D eigenvalue weighted by atomic mass is 35.5. The number of halogens is 1. The monoisotopic (exact) mass is 268 g/mol. The normalized spacial score (nSPS) is 11.7. The van der Waals surface area contributed by atoms with Gasteiger partial charge in [0.2, 0.25) is 0 Å². The maximum atomic E-state index is 10.9. The first-order valence-electron chi connectivity index (χ1n) is 5.34. The molecule has 0 aliphatic heterocycles. The van der Waals surface area contributed by atoms with Crippen LogP contribution in [0.1, 0.15) is 23.7 Å². The minimum atomic E-state index is -1.09. The second-order valence-electron chi connectivity index (χ2n) is 3.64. The van der Waals surface area contributed by atoms with Gasteiger partial charge in [0.1, 0.15) is 11.9 Å². The van der Waals surface area contributed by atoms with Gasteiger partial charge in [-0.25, -0.2) is 4.79 Å². The largest absolute Gasteiger partial charge is 0.485 e. The summed E-state index contributed by atoms with van der Waals surface area (Å²) in [5.41, 5.74) is 0.351. The molecule has 0 aliphatic carbocycles. The van der Waals surface area contributed by atoms with Crippen molar-refractivity contribution in [3.8, 4) is 5.75 Å². The highest BCUT2D eigenvalue weighted by Crippen LogP contribution is 2.18. The third-order valence-electron chi connectivity index (χ3n) is 2.39. The minimum absolute atomic E-state index is 0.00463. The molecule has 0 aromatic heterocycles. The van der Waals surface area contributed by atoms with Gasteiger partial charge in [-0.05, 0) is 42.3 Å². The predicted molar refractivity (Wildman–Crippen MR) is 68.1 cm³/mol. The van der Waals surface area contributed by atoms with Crippen molar-refractivity contribution in [2.24, 2.45) is 0 Å². The molecule has 5 heteroatoms. The van der Waals surface area contributed by atoms with E-state index in [9.17, 15) is 9.59 Å². The number of carboxylic acids is 1. The van der Waals surface area contributed by atoms with Gasteiger partial charge in [-0.1, -0.05) is 13.5 Å². The van der Waals surface area contributed by atoms with Crippen molar-refractivity contribution in [1.82, 2.24) is 0 Å². The molecule has 0 spiro atoms. The Bertz CT molecular complexity index is 464. The number of hydrogen-bond acceptors (Lipinski definition) is 3. The zero-order chi connectivity index (χ0) is 13.7. The van der Waals surface area contributed by atoms with Crippen molar-refractivity contribution < 1.29 is 19.4 Å². The van der Waals surface area contributed by atoms with Crippen molar-refractivity contribution in [2.45, 2.75) is 19.4 Å². The number of carbonyl (C=O) groups is 2. The van der Waals surface area contributed by atoms with Gasteiger partial charge in [0.15, 0.2) is 0 Å². The summed E-state index contributed by atoms with van der Waals surface area (Å²) in [6.45, 7) is 5.27. The fourth-order valence-corrected chi connectivity index (χ4v) is 1.49. The number of aliphatic carboxylic acids is 1. The zero-order valence-corrected chi connectivity index (χ0v) is 10.6. The molecule has 0 bridgehead atoms. The van der Waals surface area contributed by atoms with E-state index < -0.39 is 17.3 Å². The molecule has 96 valence electrons. The summed E-state index contributed by atoms with van der Waals surface area (Å²) < 4.78 is 5.49. The van der Waals surface area contributed by atoms with Crippen LogP contribution in [-0.4, -0.2) is 22.4 Å². The van der Waals surface area contributed by atoms with Gasteiger partial charge in [0, 0.05) is 5.56 Å². The average Bonchev–Trinajstić information content (AvgIpc) is 2.35. The lowest BCUT2D eigenvalue weighted by atomic mass is 10.1. The molecule has 4 nitrogen and oxygen atoms in total. The first-order chi connectivity index (χ1) is 8.45. The molecular formula is C13H13ClO4. The van der Waals surface area contributed by atoms with E-state index in [0.717, 1.165) is 0 Å². The first kappa shape index (κ1) is 14.3. The van der Waals surface area contributed by atoms with Crippen molar-refractivity contribution in [3.63, 3.8) is 0 Å². The maximum absolute atomic E-state index is 10.9. The maximum Gasteiger partial charge on any atom is 0.334 e. The van der Waals surface area contributed by atoms with E-state index in [4.69, 9.17) is 21.4 Å².